The molecule has 1 fully saturated rings. The fourth-order valence-electron chi connectivity index (χ4n) is 3.09. The molecule has 1 aliphatic heterocycles. The zero-order chi connectivity index (χ0) is 17.6. The van der Waals surface area contributed by atoms with E-state index >= 15 is 0 Å². The van der Waals surface area contributed by atoms with Crippen molar-refractivity contribution in [2.45, 2.75) is 25.8 Å². The number of carbonyl (C=O) groups excluding carboxylic acids is 1. The highest BCUT2D eigenvalue weighted by Crippen LogP contribution is 2.21. The van der Waals surface area contributed by atoms with Crippen LogP contribution in [0, 0.1) is 5.92 Å². The van der Waals surface area contributed by atoms with Gasteiger partial charge in [0.05, 0.1) is 6.04 Å². The predicted molar refractivity (Wildman–Crippen MR) is 95.8 cm³/mol. The number of carbonyl (C=O) groups is 1. The molecule has 1 saturated heterocycles. The summed E-state index contributed by atoms with van der Waals surface area (Å²) >= 11 is 0. The molecule has 0 saturated carbocycles. The highest BCUT2D eigenvalue weighted by Gasteiger charge is 2.23. The van der Waals surface area contributed by atoms with Crippen LogP contribution in [0.2, 0.25) is 0 Å². The van der Waals surface area contributed by atoms with Gasteiger partial charge in [0.1, 0.15) is 6.33 Å². The van der Waals surface area contributed by atoms with Gasteiger partial charge in [-0.05, 0) is 36.8 Å². The minimum Gasteiger partial charge on any atom is -0.396 e. The quantitative estimate of drug-likeness (QED) is 0.897. The summed E-state index contributed by atoms with van der Waals surface area (Å²) in [6.45, 7) is 3.61. The van der Waals surface area contributed by atoms with Crippen LogP contribution >= 0.6 is 0 Å². The standard InChI is InChI=1S/C19H24N4O2/c1-14(22-19(25)23-8-6-15(12-24)7-9-23)16-2-4-17(5-3-16)18-10-20-13-21-11-18/h2-5,10-11,13-15,24H,6-9,12H2,1H3,(H,22,25). The molecule has 2 heterocycles. The van der Waals surface area contributed by atoms with Crippen LogP contribution in [0.3, 0.4) is 0 Å². The van der Waals surface area contributed by atoms with Crippen molar-refractivity contribution >= 4 is 6.03 Å². The summed E-state index contributed by atoms with van der Waals surface area (Å²) in [5, 5.41) is 12.2. The summed E-state index contributed by atoms with van der Waals surface area (Å²) in [5.74, 6) is 0.330. The Morgan fingerprint density at radius 3 is 2.44 bits per heavy atom. The van der Waals surface area contributed by atoms with E-state index in [0.717, 1.165) is 29.5 Å². The number of rotatable bonds is 4. The zero-order valence-electron chi connectivity index (χ0n) is 14.4. The molecule has 0 radical (unpaired) electrons. The molecule has 3 rings (SSSR count). The number of aromatic nitrogens is 2. The fraction of sp³-hybridized carbons (Fsp3) is 0.421. The third-order valence-electron chi connectivity index (χ3n) is 4.80. The van der Waals surface area contributed by atoms with E-state index in [1.54, 1.807) is 12.4 Å². The Labute approximate surface area is 147 Å². The Morgan fingerprint density at radius 1 is 1.20 bits per heavy atom. The van der Waals surface area contributed by atoms with Gasteiger partial charge >= 0.3 is 6.03 Å². The Morgan fingerprint density at radius 2 is 1.84 bits per heavy atom. The van der Waals surface area contributed by atoms with Crippen molar-refractivity contribution in [1.82, 2.24) is 20.2 Å². The van der Waals surface area contributed by atoms with Gasteiger partial charge < -0.3 is 15.3 Å². The molecule has 1 aliphatic rings. The molecule has 1 atom stereocenters. The first-order valence-electron chi connectivity index (χ1n) is 8.69. The second-order valence-electron chi connectivity index (χ2n) is 6.53. The monoisotopic (exact) mass is 340 g/mol. The van der Waals surface area contributed by atoms with Gasteiger partial charge in [-0.2, -0.15) is 0 Å². The second-order valence-corrected chi connectivity index (χ2v) is 6.53. The molecule has 2 N–H and O–H groups in total. The van der Waals surface area contributed by atoms with Crippen molar-refractivity contribution < 1.29 is 9.90 Å². The average molecular weight is 340 g/mol. The lowest BCUT2D eigenvalue weighted by Gasteiger charge is -2.32. The van der Waals surface area contributed by atoms with Crippen LogP contribution in [-0.4, -0.2) is 45.7 Å². The largest absolute Gasteiger partial charge is 0.396 e. The summed E-state index contributed by atoms with van der Waals surface area (Å²) in [5.41, 5.74) is 3.07. The summed E-state index contributed by atoms with van der Waals surface area (Å²) in [6, 6.07) is 7.97. The van der Waals surface area contributed by atoms with Crippen LogP contribution in [-0.2, 0) is 0 Å². The van der Waals surface area contributed by atoms with Gasteiger partial charge in [-0.1, -0.05) is 24.3 Å². The van der Waals surface area contributed by atoms with E-state index in [1.165, 1.54) is 6.33 Å². The minimum absolute atomic E-state index is 0.0376. The summed E-state index contributed by atoms with van der Waals surface area (Å²) in [7, 11) is 0. The van der Waals surface area contributed by atoms with Gasteiger partial charge in [0.2, 0.25) is 0 Å². The third kappa shape index (κ3) is 4.33. The second kappa shape index (κ2) is 8.07. The van der Waals surface area contributed by atoms with Crippen LogP contribution in [0.5, 0.6) is 0 Å². The molecule has 1 unspecified atom stereocenters. The lowest BCUT2D eigenvalue weighted by molar-refractivity contribution is 0.136. The number of piperidine rings is 1. The number of urea groups is 1. The van der Waals surface area contributed by atoms with E-state index in [4.69, 9.17) is 0 Å². The molecule has 6 heteroatoms. The molecule has 1 aromatic carbocycles. The number of aliphatic hydroxyl groups excluding tert-OH is 1. The maximum atomic E-state index is 12.4. The van der Waals surface area contributed by atoms with Crippen LogP contribution in [0.25, 0.3) is 11.1 Å². The van der Waals surface area contributed by atoms with Crippen molar-refractivity contribution in [1.29, 1.82) is 0 Å². The first kappa shape index (κ1) is 17.4. The van der Waals surface area contributed by atoms with Gasteiger partial charge in [0.15, 0.2) is 0 Å². The summed E-state index contributed by atoms with van der Waals surface area (Å²) < 4.78 is 0. The van der Waals surface area contributed by atoms with E-state index in [1.807, 2.05) is 36.1 Å². The third-order valence-corrected chi connectivity index (χ3v) is 4.80. The SMILES string of the molecule is CC(NC(=O)N1CCC(CO)CC1)c1ccc(-c2cncnc2)cc1. The Balaban J connectivity index is 1.58. The zero-order valence-corrected chi connectivity index (χ0v) is 14.4. The maximum absolute atomic E-state index is 12.4. The van der Waals surface area contributed by atoms with Crippen molar-refractivity contribution in [2.24, 2.45) is 5.92 Å². The highest BCUT2D eigenvalue weighted by atomic mass is 16.3. The van der Waals surface area contributed by atoms with Gasteiger partial charge in [-0.3, -0.25) is 0 Å². The Hall–Kier alpha value is -2.47. The lowest BCUT2D eigenvalue weighted by atomic mass is 9.98. The highest BCUT2D eigenvalue weighted by molar-refractivity contribution is 5.75. The van der Waals surface area contributed by atoms with Gasteiger partial charge in [-0.25, -0.2) is 14.8 Å². The molecule has 0 aliphatic carbocycles. The number of amides is 2. The molecule has 132 valence electrons. The number of hydrogen-bond donors (Lipinski definition) is 2. The molecular formula is C19H24N4O2. The summed E-state index contributed by atoms with van der Waals surface area (Å²) in [4.78, 5) is 22.3. The van der Waals surface area contributed by atoms with Crippen LogP contribution < -0.4 is 5.32 Å². The number of nitrogens with zero attached hydrogens (tertiary/aromatic N) is 3. The van der Waals surface area contributed by atoms with Crippen molar-refractivity contribution in [3.63, 3.8) is 0 Å². The number of aliphatic hydroxyl groups is 1. The molecular weight excluding hydrogens is 316 g/mol. The normalized spacial score (nSPS) is 16.5. The number of benzene rings is 1. The van der Waals surface area contributed by atoms with E-state index in [9.17, 15) is 9.90 Å². The Bertz CT molecular complexity index is 682. The van der Waals surface area contributed by atoms with E-state index in [0.29, 0.717) is 19.0 Å². The average Bonchev–Trinajstić information content (AvgIpc) is 2.68. The number of nitrogens with one attached hydrogen (secondary N) is 1. The first-order chi connectivity index (χ1) is 12.2. The lowest BCUT2D eigenvalue weighted by Crippen LogP contribution is -2.45. The Kier molecular flexibility index (Phi) is 5.60. The molecule has 1 aromatic heterocycles. The summed E-state index contributed by atoms with van der Waals surface area (Å²) in [6.07, 6.45) is 6.81. The first-order valence-corrected chi connectivity index (χ1v) is 8.69. The van der Waals surface area contributed by atoms with Crippen LogP contribution in [0.15, 0.2) is 43.0 Å². The fourth-order valence-corrected chi connectivity index (χ4v) is 3.09. The molecule has 25 heavy (non-hydrogen) atoms. The van der Waals surface area contributed by atoms with Gasteiger partial charge in [-0.15, -0.1) is 0 Å². The van der Waals surface area contributed by atoms with Crippen molar-refractivity contribution in [2.75, 3.05) is 19.7 Å². The molecule has 0 bridgehead atoms. The topological polar surface area (TPSA) is 78.4 Å². The number of likely N-dealkylation sites (tertiary alicyclic amines) is 1. The van der Waals surface area contributed by atoms with Crippen molar-refractivity contribution in [3.05, 3.63) is 48.5 Å². The molecule has 2 aromatic rings. The smallest absolute Gasteiger partial charge is 0.317 e. The van der Waals surface area contributed by atoms with Gasteiger partial charge in [0, 0.05) is 37.7 Å². The molecule has 6 nitrogen and oxygen atoms in total. The van der Waals surface area contributed by atoms with E-state index < -0.39 is 0 Å². The van der Waals surface area contributed by atoms with Gasteiger partial charge in [0.25, 0.3) is 0 Å². The maximum Gasteiger partial charge on any atom is 0.317 e. The van der Waals surface area contributed by atoms with Crippen LogP contribution in [0.1, 0.15) is 31.4 Å². The van der Waals surface area contributed by atoms with Crippen LogP contribution in [0.4, 0.5) is 4.79 Å². The van der Waals surface area contributed by atoms with Crippen molar-refractivity contribution in [3.8, 4) is 11.1 Å². The predicted octanol–water partition coefficient (Wildman–Crippen LogP) is 2.62. The van der Waals surface area contributed by atoms with E-state index in [-0.39, 0.29) is 18.7 Å². The molecule has 2 amide bonds. The van der Waals surface area contributed by atoms with E-state index in [2.05, 4.69) is 15.3 Å². The minimum atomic E-state index is -0.0656. The molecule has 0 spiro atoms. The number of hydrogen-bond acceptors (Lipinski definition) is 4.